The van der Waals surface area contributed by atoms with E-state index in [1.165, 1.54) is 12.5 Å². The van der Waals surface area contributed by atoms with E-state index in [1.807, 2.05) is 13.8 Å². The van der Waals surface area contributed by atoms with E-state index in [0.29, 0.717) is 37.4 Å². The highest BCUT2D eigenvalue weighted by Gasteiger charge is 2.25. The Morgan fingerprint density at radius 3 is 2.39 bits per heavy atom. The van der Waals surface area contributed by atoms with Crippen LogP contribution in [0.15, 0.2) is 52.2 Å². The maximum atomic E-state index is 12.4. The maximum absolute atomic E-state index is 12.4. The smallest absolute Gasteiger partial charge is 0.257 e. The molecule has 0 saturated carbocycles. The quantitative estimate of drug-likeness (QED) is 0.646. The van der Waals surface area contributed by atoms with Crippen LogP contribution in [-0.4, -0.2) is 50.8 Å². The van der Waals surface area contributed by atoms with Gasteiger partial charge in [0.1, 0.15) is 6.26 Å². The number of furan rings is 1. The number of nitrogens with zero attached hydrogens (tertiary/aromatic N) is 1. The van der Waals surface area contributed by atoms with Gasteiger partial charge in [0.05, 0.1) is 16.7 Å². The molecule has 1 saturated heterocycles. The summed E-state index contributed by atoms with van der Waals surface area (Å²) in [7, 11) is -3.65. The summed E-state index contributed by atoms with van der Waals surface area (Å²) in [6, 6.07) is 8.37. The van der Waals surface area contributed by atoms with Gasteiger partial charge in [-0.1, -0.05) is 26.0 Å². The van der Waals surface area contributed by atoms with Gasteiger partial charge in [-0.05, 0) is 42.5 Å². The number of rotatable bonds is 8. The van der Waals surface area contributed by atoms with Crippen molar-refractivity contribution >= 4 is 21.8 Å². The zero-order chi connectivity index (χ0) is 22.4. The van der Waals surface area contributed by atoms with E-state index in [-0.39, 0.29) is 35.7 Å². The van der Waals surface area contributed by atoms with E-state index in [9.17, 15) is 18.0 Å². The lowest BCUT2D eigenvalue weighted by molar-refractivity contribution is -0.121. The standard InChI is InChI=1S/C22H29N3O5S/c1-16(2)17-3-5-20(6-4-17)31(28,29)23-11-7-21(26)24-19-8-12-25(13-9-19)22(27)18-10-14-30-15-18/h3-6,10,14-16,19,23H,7-9,11-13H2,1-2H3,(H,24,26). The Bertz CT molecular complexity index is 977. The zero-order valence-corrected chi connectivity index (χ0v) is 18.7. The van der Waals surface area contributed by atoms with Crippen LogP contribution in [0.3, 0.4) is 0 Å². The van der Waals surface area contributed by atoms with Crippen LogP contribution in [0.1, 0.15) is 54.9 Å². The van der Waals surface area contributed by atoms with Crippen molar-refractivity contribution in [3.8, 4) is 0 Å². The number of carbonyl (C=O) groups excluding carboxylic acids is 2. The number of piperidine rings is 1. The molecule has 2 amide bonds. The monoisotopic (exact) mass is 447 g/mol. The molecule has 0 aliphatic carbocycles. The molecule has 3 rings (SSSR count). The van der Waals surface area contributed by atoms with E-state index >= 15 is 0 Å². The Kier molecular flexibility index (Phi) is 7.50. The third-order valence-electron chi connectivity index (χ3n) is 5.42. The Labute approximate surface area is 183 Å². The number of benzene rings is 1. The van der Waals surface area contributed by atoms with Crippen LogP contribution in [-0.2, 0) is 14.8 Å². The van der Waals surface area contributed by atoms with Gasteiger partial charge in [0.15, 0.2) is 0 Å². The van der Waals surface area contributed by atoms with Crippen molar-refractivity contribution in [1.29, 1.82) is 0 Å². The molecule has 0 radical (unpaired) electrons. The van der Waals surface area contributed by atoms with E-state index in [4.69, 9.17) is 4.42 Å². The lowest BCUT2D eigenvalue weighted by Crippen LogP contribution is -2.46. The average molecular weight is 448 g/mol. The highest BCUT2D eigenvalue weighted by atomic mass is 32.2. The predicted octanol–water partition coefficient (Wildman–Crippen LogP) is 2.49. The van der Waals surface area contributed by atoms with Gasteiger partial charge in [0.2, 0.25) is 15.9 Å². The first kappa shape index (κ1) is 23.0. The average Bonchev–Trinajstić information content (AvgIpc) is 3.28. The molecule has 0 spiro atoms. The fraction of sp³-hybridized carbons (Fsp3) is 0.455. The number of hydrogen-bond acceptors (Lipinski definition) is 5. The molecule has 8 nitrogen and oxygen atoms in total. The van der Waals surface area contributed by atoms with Crippen LogP contribution in [0, 0.1) is 0 Å². The predicted molar refractivity (Wildman–Crippen MR) is 116 cm³/mol. The normalized spacial score (nSPS) is 15.3. The minimum Gasteiger partial charge on any atom is -0.472 e. The number of sulfonamides is 1. The van der Waals surface area contributed by atoms with Gasteiger partial charge in [-0.15, -0.1) is 0 Å². The molecule has 1 aliphatic rings. The SMILES string of the molecule is CC(C)c1ccc(S(=O)(=O)NCCC(=O)NC2CCN(C(=O)c3ccoc3)CC2)cc1. The fourth-order valence-corrected chi connectivity index (χ4v) is 4.54. The van der Waals surface area contributed by atoms with Crippen LogP contribution in [0.4, 0.5) is 0 Å². The van der Waals surface area contributed by atoms with Crippen molar-refractivity contribution in [1.82, 2.24) is 14.9 Å². The summed E-state index contributed by atoms with van der Waals surface area (Å²) in [6.45, 7) is 5.21. The van der Waals surface area contributed by atoms with E-state index in [1.54, 1.807) is 35.2 Å². The number of amides is 2. The van der Waals surface area contributed by atoms with Crippen molar-refractivity contribution in [3.05, 3.63) is 54.0 Å². The Morgan fingerprint density at radius 1 is 1.13 bits per heavy atom. The van der Waals surface area contributed by atoms with Crippen molar-refractivity contribution in [2.45, 2.75) is 50.0 Å². The first-order valence-corrected chi connectivity index (χ1v) is 11.9. The van der Waals surface area contributed by atoms with Gasteiger partial charge in [0.25, 0.3) is 5.91 Å². The number of nitrogens with one attached hydrogen (secondary N) is 2. The highest BCUT2D eigenvalue weighted by Crippen LogP contribution is 2.17. The molecular formula is C22H29N3O5S. The van der Waals surface area contributed by atoms with Crippen molar-refractivity contribution in [2.24, 2.45) is 0 Å². The highest BCUT2D eigenvalue weighted by molar-refractivity contribution is 7.89. The van der Waals surface area contributed by atoms with Crippen molar-refractivity contribution in [2.75, 3.05) is 19.6 Å². The molecular weight excluding hydrogens is 418 g/mol. The topological polar surface area (TPSA) is 109 Å². The molecule has 2 N–H and O–H groups in total. The van der Waals surface area contributed by atoms with Crippen LogP contribution >= 0.6 is 0 Å². The summed E-state index contributed by atoms with van der Waals surface area (Å²) >= 11 is 0. The molecule has 1 aromatic heterocycles. The second-order valence-electron chi connectivity index (χ2n) is 8.02. The van der Waals surface area contributed by atoms with Crippen LogP contribution in [0.25, 0.3) is 0 Å². The van der Waals surface area contributed by atoms with Crippen molar-refractivity contribution in [3.63, 3.8) is 0 Å². The third-order valence-corrected chi connectivity index (χ3v) is 6.89. The molecule has 1 aliphatic heterocycles. The molecule has 168 valence electrons. The number of hydrogen-bond donors (Lipinski definition) is 2. The number of carbonyl (C=O) groups is 2. The van der Waals surface area contributed by atoms with Crippen LogP contribution < -0.4 is 10.0 Å². The molecule has 1 fully saturated rings. The van der Waals surface area contributed by atoms with Gasteiger partial charge < -0.3 is 14.6 Å². The summed E-state index contributed by atoms with van der Waals surface area (Å²) in [5, 5.41) is 2.93. The van der Waals surface area contributed by atoms with Gasteiger partial charge in [-0.25, -0.2) is 13.1 Å². The summed E-state index contributed by atoms with van der Waals surface area (Å²) in [4.78, 5) is 26.5. The molecule has 0 bridgehead atoms. The Balaban J connectivity index is 1.40. The summed E-state index contributed by atoms with van der Waals surface area (Å²) in [5.74, 6) is 0.0378. The molecule has 31 heavy (non-hydrogen) atoms. The summed E-state index contributed by atoms with van der Waals surface area (Å²) < 4.78 is 32.2. The number of likely N-dealkylation sites (tertiary alicyclic amines) is 1. The third kappa shape index (κ3) is 6.18. The summed E-state index contributed by atoms with van der Waals surface area (Å²) in [5.41, 5.74) is 1.59. The second kappa shape index (κ2) is 10.1. The maximum Gasteiger partial charge on any atom is 0.257 e. The molecule has 2 heterocycles. The van der Waals surface area contributed by atoms with E-state index in [0.717, 1.165) is 5.56 Å². The minimum absolute atomic E-state index is 0.0257. The van der Waals surface area contributed by atoms with Gasteiger partial charge in [-0.2, -0.15) is 0 Å². The van der Waals surface area contributed by atoms with Crippen molar-refractivity contribution < 1.29 is 22.4 Å². The Morgan fingerprint density at radius 2 is 1.81 bits per heavy atom. The van der Waals surface area contributed by atoms with E-state index in [2.05, 4.69) is 10.0 Å². The van der Waals surface area contributed by atoms with Gasteiger partial charge in [-0.3, -0.25) is 9.59 Å². The van der Waals surface area contributed by atoms with E-state index < -0.39 is 10.0 Å². The summed E-state index contributed by atoms with van der Waals surface area (Å²) in [6.07, 6.45) is 4.26. The molecule has 0 atom stereocenters. The second-order valence-corrected chi connectivity index (χ2v) is 9.78. The van der Waals surface area contributed by atoms with Gasteiger partial charge in [0, 0.05) is 32.1 Å². The van der Waals surface area contributed by atoms with Crippen LogP contribution in [0.2, 0.25) is 0 Å². The molecule has 2 aromatic rings. The zero-order valence-electron chi connectivity index (χ0n) is 17.8. The molecule has 0 unspecified atom stereocenters. The lowest BCUT2D eigenvalue weighted by atomic mass is 10.0. The van der Waals surface area contributed by atoms with Crippen LogP contribution in [0.5, 0.6) is 0 Å². The molecule has 1 aromatic carbocycles. The fourth-order valence-electron chi connectivity index (χ4n) is 3.51. The Hall–Kier alpha value is -2.65. The molecule has 9 heteroatoms. The lowest BCUT2D eigenvalue weighted by Gasteiger charge is -2.32. The van der Waals surface area contributed by atoms with Gasteiger partial charge >= 0.3 is 0 Å². The minimum atomic E-state index is -3.65. The largest absolute Gasteiger partial charge is 0.472 e. The first-order valence-electron chi connectivity index (χ1n) is 10.5. The first-order chi connectivity index (χ1) is 14.8.